The molecule has 3 heterocycles. The highest BCUT2D eigenvalue weighted by atomic mass is 16.5. The van der Waals surface area contributed by atoms with Crippen molar-refractivity contribution in [2.24, 2.45) is 0 Å². The summed E-state index contributed by atoms with van der Waals surface area (Å²) in [5, 5.41) is 7.72. The van der Waals surface area contributed by atoms with Crippen LogP contribution in [0.3, 0.4) is 0 Å². The van der Waals surface area contributed by atoms with Crippen LogP contribution in [-0.2, 0) is 0 Å². The largest absolute Gasteiger partial charge is 0.361 e. The molecule has 144 valence electrons. The SMILES string of the molecule is Cc1noc(C)c1-c1c[nH]c2c(C(C)C)cc(-c3cccc4ccncc34)cc12. The quantitative estimate of drug-likeness (QED) is 0.375. The van der Waals surface area contributed by atoms with Crippen molar-refractivity contribution < 1.29 is 4.52 Å². The lowest BCUT2D eigenvalue weighted by atomic mass is 9.91. The van der Waals surface area contributed by atoms with Crippen molar-refractivity contribution >= 4 is 21.7 Å². The number of nitrogens with zero attached hydrogens (tertiary/aromatic N) is 2. The molecule has 0 aliphatic carbocycles. The van der Waals surface area contributed by atoms with Crippen LogP contribution in [0, 0.1) is 13.8 Å². The van der Waals surface area contributed by atoms with Gasteiger partial charge < -0.3 is 9.51 Å². The Balaban J connectivity index is 1.85. The Morgan fingerprint density at radius 3 is 2.62 bits per heavy atom. The number of benzene rings is 2. The van der Waals surface area contributed by atoms with Gasteiger partial charge in [0.1, 0.15) is 5.76 Å². The van der Waals surface area contributed by atoms with Gasteiger partial charge in [0.2, 0.25) is 0 Å². The fourth-order valence-electron chi connectivity index (χ4n) is 4.31. The molecule has 0 atom stereocenters. The van der Waals surface area contributed by atoms with Crippen molar-refractivity contribution in [2.45, 2.75) is 33.6 Å². The van der Waals surface area contributed by atoms with Crippen LogP contribution in [0.5, 0.6) is 0 Å². The maximum absolute atomic E-state index is 5.45. The summed E-state index contributed by atoms with van der Waals surface area (Å²) in [6.07, 6.45) is 5.88. The summed E-state index contributed by atoms with van der Waals surface area (Å²) in [6.45, 7) is 8.44. The molecule has 5 aromatic rings. The second kappa shape index (κ2) is 6.59. The minimum absolute atomic E-state index is 0.390. The second-order valence-corrected chi connectivity index (χ2v) is 7.95. The highest BCUT2D eigenvalue weighted by molar-refractivity contribution is 6.03. The van der Waals surface area contributed by atoms with Crippen molar-refractivity contribution in [1.29, 1.82) is 0 Å². The predicted molar refractivity (Wildman–Crippen MR) is 118 cm³/mol. The van der Waals surface area contributed by atoms with E-state index in [-0.39, 0.29) is 0 Å². The Kier molecular flexibility index (Phi) is 4.02. The van der Waals surface area contributed by atoms with Crippen LogP contribution >= 0.6 is 0 Å². The van der Waals surface area contributed by atoms with Crippen molar-refractivity contribution in [3.8, 4) is 22.3 Å². The standard InChI is InChI=1S/C25H23N3O/c1-14(2)20-10-18(19-7-5-6-17-8-9-26-12-22(17)19)11-21-23(13-27-25(20)21)24-15(3)28-29-16(24)4/h5-14,27H,1-4H3. The highest BCUT2D eigenvalue weighted by Crippen LogP contribution is 2.40. The van der Waals surface area contributed by atoms with E-state index in [1.165, 1.54) is 38.4 Å². The molecular weight excluding hydrogens is 358 g/mol. The number of hydrogen-bond donors (Lipinski definition) is 1. The van der Waals surface area contributed by atoms with E-state index in [1.807, 2.05) is 26.2 Å². The second-order valence-electron chi connectivity index (χ2n) is 7.95. The molecule has 0 spiro atoms. The summed E-state index contributed by atoms with van der Waals surface area (Å²) in [7, 11) is 0. The Morgan fingerprint density at radius 1 is 1.00 bits per heavy atom. The minimum atomic E-state index is 0.390. The number of aromatic nitrogens is 3. The number of hydrogen-bond acceptors (Lipinski definition) is 3. The van der Waals surface area contributed by atoms with Crippen molar-refractivity contribution in [3.05, 3.63) is 72.0 Å². The van der Waals surface area contributed by atoms with Gasteiger partial charge in [-0.15, -0.1) is 0 Å². The molecule has 0 aliphatic rings. The van der Waals surface area contributed by atoms with Gasteiger partial charge in [-0.05, 0) is 60.0 Å². The average molecular weight is 381 g/mol. The van der Waals surface area contributed by atoms with Gasteiger partial charge in [0.25, 0.3) is 0 Å². The normalized spacial score (nSPS) is 11.8. The average Bonchev–Trinajstić information content (AvgIpc) is 3.29. The van der Waals surface area contributed by atoms with Gasteiger partial charge in [-0.2, -0.15) is 0 Å². The van der Waals surface area contributed by atoms with E-state index in [0.717, 1.165) is 22.6 Å². The molecule has 2 aromatic carbocycles. The van der Waals surface area contributed by atoms with Gasteiger partial charge in [0, 0.05) is 46.0 Å². The fourth-order valence-corrected chi connectivity index (χ4v) is 4.31. The molecule has 0 unspecified atom stereocenters. The Morgan fingerprint density at radius 2 is 1.86 bits per heavy atom. The summed E-state index contributed by atoms with van der Waals surface area (Å²) in [4.78, 5) is 7.88. The minimum Gasteiger partial charge on any atom is -0.361 e. The molecule has 0 fully saturated rings. The zero-order valence-corrected chi connectivity index (χ0v) is 17.1. The maximum Gasteiger partial charge on any atom is 0.141 e. The zero-order valence-electron chi connectivity index (χ0n) is 17.1. The van der Waals surface area contributed by atoms with Crippen LogP contribution in [0.4, 0.5) is 0 Å². The Bertz CT molecular complexity index is 1330. The number of H-pyrrole nitrogens is 1. The third-order valence-corrected chi connectivity index (χ3v) is 5.74. The fraction of sp³-hybridized carbons (Fsp3) is 0.200. The monoisotopic (exact) mass is 381 g/mol. The molecule has 0 aliphatic heterocycles. The molecular formula is C25H23N3O. The molecule has 5 rings (SSSR count). The molecule has 0 amide bonds. The van der Waals surface area contributed by atoms with Crippen LogP contribution in [0.2, 0.25) is 0 Å². The predicted octanol–water partition coefficient (Wildman–Crippen LogP) is 6.78. The molecule has 0 radical (unpaired) electrons. The number of fused-ring (bicyclic) bond motifs is 2. The van der Waals surface area contributed by atoms with Crippen LogP contribution in [-0.4, -0.2) is 15.1 Å². The first-order chi connectivity index (χ1) is 14.0. The van der Waals surface area contributed by atoms with E-state index in [9.17, 15) is 0 Å². The van der Waals surface area contributed by atoms with E-state index >= 15 is 0 Å². The van der Waals surface area contributed by atoms with Crippen molar-refractivity contribution in [2.75, 3.05) is 0 Å². The summed E-state index contributed by atoms with van der Waals surface area (Å²) < 4.78 is 5.45. The van der Waals surface area contributed by atoms with Gasteiger partial charge in [0.15, 0.2) is 0 Å². The number of rotatable bonds is 3. The first-order valence-electron chi connectivity index (χ1n) is 9.96. The number of nitrogens with one attached hydrogen (secondary N) is 1. The summed E-state index contributed by atoms with van der Waals surface area (Å²) in [5.41, 5.74) is 8.00. The molecule has 0 bridgehead atoms. The van der Waals surface area contributed by atoms with Gasteiger partial charge in [-0.1, -0.05) is 37.2 Å². The topological polar surface area (TPSA) is 54.7 Å². The first kappa shape index (κ1) is 17.7. The molecule has 1 N–H and O–H groups in total. The van der Waals surface area contributed by atoms with E-state index in [1.54, 1.807) is 0 Å². The smallest absolute Gasteiger partial charge is 0.141 e. The lowest BCUT2D eigenvalue weighted by Crippen LogP contribution is -1.92. The number of aryl methyl sites for hydroxylation is 2. The van der Waals surface area contributed by atoms with Crippen LogP contribution in [0.15, 0.2) is 59.5 Å². The van der Waals surface area contributed by atoms with E-state index in [2.05, 4.69) is 71.6 Å². The Hall–Kier alpha value is -3.40. The summed E-state index contributed by atoms with van der Waals surface area (Å²) >= 11 is 0. The van der Waals surface area contributed by atoms with Crippen molar-refractivity contribution in [3.63, 3.8) is 0 Å². The van der Waals surface area contributed by atoms with E-state index in [0.29, 0.717) is 5.92 Å². The van der Waals surface area contributed by atoms with E-state index < -0.39 is 0 Å². The lowest BCUT2D eigenvalue weighted by Gasteiger charge is -2.13. The first-order valence-corrected chi connectivity index (χ1v) is 9.96. The summed E-state index contributed by atoms with van der Waals surface area (Å²) in [5.74, 6) is 1.23. The number of aromatic amines is 1. The highest BCUT2D eigenvalue weighted by Gasteiger charge is 2.19. The van der Waals surface area contributed by atoms with Gasteiger partial charge in [0.05, 0.1) is 5.69 Å². The van der Waals surface area contributed by atoms with Crippen LogP contribution < -0.4 is 0 Å². The lowest BCUT2D eigenvalue weighted by molar-refractivity contribution is 0.393. The molecule has 0 saturated carbocycles. The van der Waals surface area contributed by atoms with Crippen LogP contribution in [0.1, 0.15) is 36.8 Å². The van der Waals surface area contributed by atoms with Crippen LogP contribution in [0.25, 0.3) is 43.9 Å². The summed E-state index contributed by atoms with van der Waals surface area (Å²) in [6, 6.07) is 13.1. The number of pyridine rings is 1. The molecule has 3 aromatic heterocycles. The van der Waals surface area contributed by atoms with E-state index in [4.69, 9.17) is 4.52 Å². The maximum atomic E-state index is 5.45. The van der Waals surface area contributed by atoms with Gasteiger partial charge >= 0.3 is 0 Å². The van der Waals surface area contributed by atoms with Crippen molar-refractivity contribution in [1.82, 2.24) is 15.1 Å². The third kappa shape index (κ3) is 2.75. The molecule has 4 heteroatoms. The van der Waals surface area contributed by atoms with Gasteiger partial charge in [-0.3, -0.25) is 4.98 Å². The Labute approximate surface area is 169 Å². The molecule has 29 heavy (non-hydrogen) atoms. The third-order valence-electron chi connectivity index (χ3n) is 5.74. The zero-order chi connectivity index (χ0) is 20.1. The molecule has 0 saturated heterocycles. The molecule has 4 nitrogen and oxygen atoms in total. The van der Waals surface area contributed by atoms with Gasteiger partial charge in [-0.25, -0.2) is 0 Å².